The van der Waals surface area contributed by atoms with Crippen LogP contribution in [-0.4, -0.2) is 16.5 Å². The average Bonchev–Trinajstić information content (AvgIpc) is 2.39. The second-order valence-corrected chi connectivity index (χ2v) is 6.44. The van der Waals surface area contributed by atoms with Crippen LogP contribution in [0.25, 0.3) is 0 Å². The number of hydrogen-bond acceptors (Lipinski definition) is 2. The van der Waals surface area contributed by atoms with Crippen LogP contribution < -0.4 is 5.73 Å². The summed E-state index contributed by atoms with van der Waals surface area (Å²) in [6.45, 7) is 5.94. The highest BCUT2D eigenvalue weighted by atomic mass is 79.9. The molecule has 0 aromatic rings. The molecule has 2 rings (SSSR count). The number of carbonyl (C=O) groups excluding carboxylic acids is 2. The van der Waals surface area contributed by atoms with Crippen LogP contribution in [0, 0.1) is 16.2 Å². The van der Waals surface area contributed by atoms with E-state index in [0.717, 1.165) is 6.42 Å². The van der Waals surface area contributed by atoms with Crippen molar-refractivity contribution in [1.82, 2.24) is 0 Å². The number of ketones is 1. The van der Waals surface area contributed by atoms with E-state index in [1.807, 2.05) is 20.8 Å². The molecule has 2 saturated carbocycles. The standard InChI is InChI=1S/C11H16BrNO2/c1-9(2)10(3)4-5-11(9,8(13)15)6(12)7(10)14/h6H,4-5H2,1-3H3,(H2,13,15)/t6-,10-,11+/m1/s1. The monoisotopic (exact) mass is 273 g/mol. The molecule has 0 aromatic heterocycles. The first-order chi connectivity index (χ1) is 6.72. The smallest absolute Gasteiger partial charge is 0.225 e. The zero-order valence-corrected chi connectivity index (χ0v) is 10.8. The largest absolute Gasteiger partial charge is 0.369 e. The quantitative estimate of drug-likeness (QED) is 0.739. The Morgan fingerprint density at radius 1 is 1.40 bits per heavy atom. The van der Waals surface area contributed by atoms with E-state index in [2.05, 4.69) is 15.9 Å². The molecule has 2 aliphatic rings. The molecule has 2 bridgehead atoms. The van der Waals surface area contributed by atoms with Gasteiger partial charge in [-0.1, -0.05) is 36.7 Å². The fourth-order valence-electron chi connectivity index (χ4n) is 3.50. The second-order valence-electron chi connectivity index (χ2n) is 5.52. The Hall–Kier alpha value is -0.380. The Balaban J connectivity index is 2.68. The fourth-order valence-corrected chi connectivity index (χ4v) is 5.03. The topological polar surface area (TPSA) is 60.2 Å². The molecule has 84 valence electrons. The van der Waals surface area contributed by atoms with Gasteiger partial charge < -0.3 is 5.73 Å². The predicted octanol–water partition coefficient (Wildman–Crippen LogP) is 1.63. The maximum Gasteiger partial charge on any atom is 0.225 e. The SMILES string of the molecule is CC1(C)[C@]2(C)CC[C@@]1(C(N)=O)[C@H](Br)C2=O. The van der Waals surface area contributed by atoms with Crippen molar-refractivity contribution in [3.8, 4) is 0 Å². The summed E-state index contributed by atoms with van der Waals surface area (Å²) in [6, 6.07) is 0. The van der Waals surface area contributed by atoms with Crippen molar-refractivity contribution in [1.29, 1.82) is 0 Å². The van der Waals surface area contributed by atoms with E-state index >= 15 is 0 Å². The third-order valence-electron chi connectivity index (χ3n) is 5.16. The normalized spacial score (nSPS) is 47.2. The Labute approximate surface area is 97.9 Å². The highest BCUT2D eigenvalue weighted by Gasteiger charge is 2.76. The molecule has 3 atom stereocenters. The minimum atomic E-state index is -0.696. The van der Waals surface area contributed by atoms with Gasteiger partial charge in [-0.05, 0) is 18.3 Å². The van der Waals surface area contributed by atoms with Gasteiger partial charge in [0.25, 0.3) is 0 Å². The number of fused-ring (bicyclic) bond motifs is 2. The number of halogens is 1. The Morgan fingerprint density at radius 3 is 2.20 bits per heavy atom. The molecular formula is C11H16BrNO2. The summed E-state index contributed by atoms with van der Waals surface area (Å²) in [7, 11) is 0. The summed E-state index contributed by atoms with van der Waals surface area (Å²) in [5.74, 6) is -0.207. The molecular weight excluding hydrogens is 258 g/mol. The van der Waals surface area contributed by atoms with Gasteiger partial charge in [0.15, 0.2) is 5.78 Å². The summed E-state index contributed by atoms with van der Waals surface area (Å²) in [4.78, 5) is 23.5. The van der Waals surface area contributed by atoms with Crippen molar-refractivity contribution in [3.63, 3.8) is 0 Å². The lowest BCUT2D eigenvalue weighted by atomic mass is 9.65. The van der Waals surface area contributed by atoms with Crippen molar-refractivity contribution in [2.45, 2.75) is 38.4 Å². The van der Waals surface area contributed by atoms with Crippen molar-refractivity contribution in [2.24, 2.45) is 22.0 Å². The number of hydrogen-bond donors (Lipinski definition) is 1. The Morgan fingerprint density at radius 2 is 1.93 bits per heavy atom. The third-order valence-corrected chi connectivity index (χ3v) is 6.36. The van der Waals surface area contributed by atoms with E-state index in [0.29, 0.717) is 6.42 Å². The van der Waals surface area contributed by atoms with Crippen molar-refractivity contribution < 1.29 is 9.59 Å². The molecule has 0 spiro atoms. The number of amides is 1. The zero-order chi connectivity index (χ0) is 11.6. The van der Waals surface area contributed by atoms with Gasteiger partial charge in [-0.3, -0.25) is 9.59 Å². The summed E-state index contributed by atoms with van der Waals surface area (Å²) < 4.78 is 0. The maximum absolute atomic E-state index is 12.2. The third kappa shape index (κ3) is 0.846. The minimum Gasteiger partial charge on any atom is -0.369 e. The summed E-state index contributed by atoms with van der Waals surface area (Å²) in [5, 5.41) is 0. The summed E-state index contributed by atoms with van der Waals surface area (Å²) in [5.41, 5.74) is 4.08. The lowest BCUT2D eigenvalue weighted by molar-refractivity contribution is -0.132. The molecule has 0 aliphatic heterocycles. The van der Waals surface area contributed by atoms with Crippen LogP contribution in [0.3, 0.4) is 0 Å². The Kier molecular flexibility index (Phi) is 1.96. The molecule has 2 N–H and O–H groups in total. The molecule has 0 saturated heterocycles. The molecule has 0 aromatic carbocycles. The first-order valence-corrected chi connectivity index (χ1v) is 6.12. The van der Waals surface area contributed by atoms with E-state index in [1.165, 1.54) is 0 Å². The zero-order valence-electron chi connectivity index (χ0n) is 9.26. The maximum atomic E-state index is 12.2. The summed E-state index contributed by atoms with van der Waals surface area (Å²) in [6.07, 6.45) is 1.48. The second kappa shape index (κ2) is 2.65. The van der Waals surface area contributed by atoms with Crippen LogP contribution in [0.1, 0.15) is 33.6 Å². The molecule has 3 nitrogen and oxygen atoms in total. The average molecular weight is 274 g/mol. The van der Waals surface area contributed by atoms with Crippen LogP contribution in [-0.2, 0) is 9.59 Å². The highest BCUT2D eigenvalue weighted by molar-refractivity contribution is 9.10. The lowest BCUT2D eigenvalue weighted by Gasteiger charge is -2.38. The van der Waals surface area contributed by atoms with Crippen molar-refractivity contribution in [2.75, 3.05) is 0 Å². The highest BCUT2D eigenvalue weighted by Crippen LogP contribution is 2.71. The first-order valence-electron chi connectivity index (χ1n) is 5.20. The number of carbonyl (C=O) groups is 2. The Bertz CT molecular complexity index is 366. The molecule has 4 heteroatoms. The van der Waals surface area contributed by atoms with Crippen LogP contribution >= 0.6 is 15.9 Å². The molecule has 2 aliphatic carbocycles. The molecule has 15 heavy (non-hydrogen) atoms. The van der Waals surface area contributed by atoms with E-state index in [1.54, 1.807) is 0 Å². The van der Waals surface area contributed by atoms with Crippen LogP contribution in [0.15, 0.2) is 0 Å². The van der Waals surface area contributed by atoms with E-state index in [9.17, 15) is 9.59 Å². The lowest BCUT2D eigenvalue weighted by Crippen LogP contribution is -2.48. The minimum absolute atomic E-state index is 0.137. The molecule has 0 heterocycles. The number of alkyl halides is 1. The first kappa shape index (κ1) is 11.1. The number of Topliss-reactive ketones (excluding diaryl/α,β-unsaturated/α-hetero) is 1. The van der Waals surface area contributed by atoms with E-state index < -0.39 is 15.7 Å². The van der Waals surface area contributed by atoms with Crippen molar-refractivity contribution >= 4 is 27.6 Å². The number of primary amides is 1. The summed E-state index contributed by atoms with van der Waals surface area (Å²) >= 11 is 3.38. The van der Waals surface area contributed by atoms with Crippen LogP contribution in [0.2, 0.25) is 0 Å². The van der Waals surface area contributed by atoms with E-state index in [-0.39, 0.29) is 17.1 Å². The molecule has 1 amide bonds. The van der Waals surface area contributed by atoms with Crippen LogP contribution in [0.4, 0.5) is 0 Å². The van der Waals surface area contributed by atoms with Gasteiger partial charge in [-0.15, -0.1) is 0 Å². The number of rotatable bonds is 1. The van der Waals surface area contributed by atoms with Gasteiger partial charge in [-0.25, -0.2) is 0 Å². The molecule has 2 fully saturated rings. The van der Waals surface area contributed by atoms with Crippen molar-refractivity contribution in [3.05, 3.63) is 0 Å². The van der Waals surface area contributed by atoms with Crippen LogP contribution in [0.5, 0.6) is 0 Å². The van der Waals surface area contributed by atoms with Gasteiger partial charge in [0, 0.05) is 5.41 Å². The van der Waals surface area contributed by atoms with Gasteiger partial charge in [-0.2, -0.15) is 0 Å². The molecule has 0 radical (unpaired) electrons. The number of nitrogens with two attached hydrogens (primary N) is 1. The van der Waals surface area contributed by atoms with Gasteiger partial charge >= 0.3 is 0 Å². The van der Waals surface area contributed by atoms with Gasteiger partial charge in [0.05, 0.1) is 10.2 Å². The van der Waals surface area contributed by atoms with E-state index in [4.69, 9.17) is 5.73 Å². The molecule has 0 unspecified atom stereocenters. The van der Waals surface area contributed by atoms with Gasteiger partial charge in [0.2, 0.25) is 5.91 Å². The fraction of sp³-hybridized carbons (Fsp3) is 0.818. The van der Waals surface area contributed by atoms with Gasteiger partial charge in [0.1, 0.15) is 0 Å². The predicted molar refractivity (Wildman–Crippen MR) is 60.5 cm³/mol.